The number of aromatic nitrogens is 1. The van der Waals surface area contributed by atoms with Crippen molar-refractivity contribution in [2.45, 2.75) is 51.7 Å². The number of alkyl carbamates (subject to hydrolysis) is 1. The van der Waals surface area contributed by atoms with E-state index in [1.807, 2.05) is 26.8 Å². The summed E-state index contributed by atoms with van der Waals surface area (Å²) in [6, 6.07) is 2.05. The molecule has 0 radical (unpaired) electrons. The Kier molecular flexibility index (Phi) is 3.64. The first-order chi connectivity index (χ1) is 8.83. The lowest BCUT2D eigenvalue weighted by Crippen LogP contribution is -2.42. The summed E-state index contributed by atoms with van der Waals surface area (Å²) in [6.45, 7) is 5.56. The van der Waals surface area contributed by atoms with Crippen LogP contribution in [0, 0.1) is 0 Å². The minimum absolute atomic E-state index is 0.0819. The maximum atomic E-state index is 11.7. The third-order valence-electron chi connectivity index (χ3n) is 3.00. The van der Waals surface area contributed by atoms with Crippen molar-refractivity contribution < 1.29 is 9.53 Å². The highest BCUT2D eigenvalue weighted by atomic mass is 16.6. The number of aryl methyl sites for hydroxylation is 1. The average molecular weight is 263 g/mol. The van der Waals surface area contributed by atoms with Gasteiger partial charge in [-0.25, -0.2) is 4.79 Å². The molecule has 2 rings (SSSR count). The van der Waals surface area contributed by atoms with E-state index >= 15 is 0 Å². The van der Waals surface area contributed by atoms with Crippen LogP contribution in [0.15, 0.2) is 12.3 Å². The molecule has 0 fully saturated rings. The fourth-order valence-corrected chi connectivity index (χ4v) is 2.22. The Morgan fingerprint density at radius 2 is 2.26 bits per heavy atom. The van der Waals surface area contributed by atoms with Gasteiger partial charge in [0.05, 0.1) is 11.9 Å². The summed E-state index contributed by atoms with van der Waals surface area (Å²) in [7, 11) is 0. The van der Waals surface area contributed by atoms with Gasteiger partial charge in [0.2, 0.25) is 0 Å². The molecule has 104 valence electrons. The van der Waals surface area contributed by atoms with Crippen LogP contribution in [-0.4, -0.2) is 22.7 Å². The first-order valence-electron chi connectivity index (χ1n) is 6.56. The Balaban J connectivity index is 1.95. The van der Waals surface area contributed by atoms with Crippen LogP contribution in [0.25, 0.3) is 0 Å². The van der Waals surface area contributed by atoms with Crippen molar-refractivity contribution in [1.82, 2.24) is 10.3 Å². The second kappa shape index (κ2) is 5.07. The topological polar surface area (TPSA) is 77.2 Å². The smallest absolute Gasteiger partial charge is 0.407 e. The molecule has 0 bridgehead atoms. The molecule has 5 nitrogen and oxygen atoms in total. The van der Waals surface area contributed by atoms with Crippen molar-refractivity contribution in [2.24, 2.45) is 0 Å². The van der Waals surface area contributed by atoms with Gasteiger partial charge in [0.15, 0.2) is 0 Å². The fourth-order valence-electron chi connectivity index (χ4n) is 2.22. The summed E-state index contributed by atoms with van der Waals surface area (Å²) in [5.41, 5.74) is 8.14. The monoisotopic (exact) mass is 263 g/mol. The fraction of sp³-hybridized carbons (Fsp3) is 0.571. The molecule has 5 heteroatoms. The SMILES string of the molecule is CC(C)(C)OC(=O)NC1CCc2cc(N)cnc2C1. The number of hydrogen-bond acceptors (Lipinski definition) is 4. The highest BCUT2D eigenvalue weighted by Crippen LogP contribution is 2.21. The van der Waals surface area contributed by atoms with E-state index in [-0.39, 0.29) is 12.1 Å². The summed E-state index contributed by atoms with van der Waals surface area (Å²) < 4.78 is 5.26. The lowest BCUT2D eigenvalue weighted by molar-refractivity contribution is 0.0500. The summed E-state index contributed by atoms with van der Waals surface area (Å²) in [6.07, 6.45) is 3.80. The second-order valence-electron chi connectivity index (χ2n) is 5.96. The first kappa shape index (κ1) is 13.6. The van der Waals surface area contributed by atoms with Gasteiger partial charge in [0, 0.05) is 18.2 Å². The zero-order valence-electron chi connectivity index (χ0n) is 11.7. The summed E-state index contributed by atoms with van der Waals surface area (Å²) in [4.78, 5) is 16.1. The molecule has 0 saturated carbocycles. The number of nitrogens with two attached hydrogens (primary N) is 1. The van der Waals surface area contributed by atoms with Crippen molar-refractivity contribution in [1.29, 1.82) is 0 Å². The van der Waals surface area contributed by atoms with Crippen LogP contribution in [0.3, 0.4) is 0 Å². The van der Waals surface area contributed by atoms with E-state index in [9.17, 15) is 4.79 Å². The molecule has 0 spiro atoms. The molecule has 1 atom stereocenters. The van der Waals surface area contributed by atoms with E-state index in [0.717, 1.165) is 25.0 Å². The molecule has 0 aliphatic heterocycles. The number of rotatable bonds is 1. The Bertz CT molecular complexity index is 480. The lowest BCUT2D eigenvalue weighted by atomic mass is 9.92. The van der Waals surface area contributed by atoms with Crippen LogP contribution in [0.1, 0.15) is 38.4 Å². The highest BCUT2D eigenvalue weighted by molar-refractivity contribution is 5.68. The molecule has 1 aliphatic carbocycles. The van der Waals surface area contributed by atoms with E-state index in [2.05, 4.69) is 10.3 Å². The van der Waals surface area contributed by atoms with Gasteiger partial charge in [0.1, 0.15) is 5.60 Å². The molecule has 1 heterocycles. The van der Waals surface area contributed by atoms with Crippen molar-refractivity contribution >= 4 is 11.8 Å². The normalized spacial score (nSPS) is 18.6. The molecule has 1 amide bonds. The van der Waals surface area contributed by atoms with Crippen LogP contribution in [0.5, 0.6) is 0 Å². The predicted octanol–water partition coefficient (Wildman–Crippen LogP) is 2.05. The number of fused-ring (bicyclic) bond motifs is 1. The number of anilines is 1. The Morgan fingerprint density at radius 1 is 1.53 bits per heavy atom. The number of amides is 1. The maximum absolute atomic E-state index is 11.7. The van der Waals surface area contributed by atoms with Crippen LogP contribution in [-0.2, 0) is 17.6 Å². The predicted molar refractivity (Wildman–Crippen MR) is 73.8 cm³/mol. The molecule has 1 aromatic heterocycles. The van der Waals surface area contributed by atoms with Gasteiger partial charge >= 0.3 is 6.09 Å². The number of carbonyl (C=O) groups excluding carboxylic acids is 1. The van der Waals surface area contributed by atoms with Crippen LogP contribution in [0.2, 0.25) is 0 Å². The standard InChI is InChI=1S/C14H21N3O2/c1-14(2,3)19-13(18)17-11-5-4-9-6-10(15)8-16-12(9)7-11/h6,8,11H,4-5,7,15H2,1-3H3,(H,17,18). The molecule has 1 unspecified atom stereocenters. The Hall–Kier alpha value is -1.78. The molecular formula is C14H21N3O2. The number of nitrogens with one attached hydrogen (secondary N) is 1. The van der Waals surface area contributed by atoms with Crippen molar-refractivity contribution in [2.75, 3.05) is 5.73 Å². The summed E-state index contributed by atoms with van der Waals surface area (Å²) in [5, 5.41) is 2.90. The van der Waals surface area contributed by atoms with Gasteiger partial charge in [-0.2, -0.15) is 0 Å². The van der Waals surface area contributed by atoms with Gasteiger partial charge in [-0.05, 0) is 45.2 Å². The number of nitrogen functional groups attached to an aromatic ring is 1. The molecule has 19 heavy (non-hydrogen) atoms. The average Bonchev–Trinajstić information content (AvgIpc) is 2.26. The van der Waals surface area contributed by atoms with Gasteiger partial charge < -0.3 is 15.8 Å². The second-order valence-corrected chi connectivity index (χ2v) is 5.96. The van der Waals surface area contributed by atoms with Crippen molar-refractivity contribution in [3.63, 3.8) is 0 Å². The van der Waals surface area contributed by atoms with Crippen LogP contribution < -0.4 is 11.1 Å². The summed E-state index contributed by atoms with van der Waals surface area (Å²) >= 11 is 0. The molecule has 3 N–H and O–H groups in total. The molecule has 1 aromatic rings. The quantitative estimate of drug-likeness (QED) is 0.813. The molecule has 0 saturated heterocycles. The number of ether oxygens (including phenoxy) is 1. The van der Waals surface area contributed by atoms with E-state index in [0.29, 0.717) is 5.69 Å². The third-order valence-corrected chi connectivity index (χ3v) is 3.00. The first-order valence-corrected chi connectivity index (χ1v) is 6.56. The third kappa shape index (κ3) is 3.84. The minimum atomic E-state index is -0.469. The summed E-state index contributed by atoms with van der Waals surface area (Å²) in [5.74, 6) is 0. The zero-order valence-corrected chi connectivity index (χ0v) is 11.7. The van der Waals surface area contributed by atoms with Crippen LogP contribution >= 0.6 is 0 Å². The van der Waals surface area contributed by atoms with E-state index in [1.54, 1.807) is 6.20 Å². The number of hydrogen-bond donors (Lipinski definition) is 2. The number of nitrogens with zero attached hydrogens (tertiary/aromatic N) is 1. The maximum Gasteiger partial charge on any atom is 0.407 e. The van der Waals surface area contributed by atoms with E-state index < -0.39 is 5.60 Å². The number of pyridine rings is 1. The Labute approximate surface area is 113 Å². The minimum Gasteiger partial charge on any atom is -0.444 e. The zero-order chi connectivity index (χ0) is 14.0. The van der Waals surface area contributed by atoms with E-state index in [1.165, 1.54) is 5.56 Å². The molecule has 0 aromatic carbocycles. The lowest BCUT2D eigenvalue weighted by Gasteiger charge is -2.27. The van der Waals surface area contributed by atoms with Gasteiger partial charge in [-0.15, -0.1) is 0 Å². The van der Waals surface area contributed by atoms with Crippen LogP contribution in [0.4, 0.5) is 10.5 Å². The largest absolute Gasteiger partial charge is 0.444 e. The van der Waals surface area contributed by atoms with Gasteiger partial charge in [-0.1, -0.05) is 0 Å². The van der Waals surface area contributed by atoms with E-state index in [4.69, 9.17) is 10.5 Å². The van der Waals surface area contributed by atoms with Crippen molar-refractivity contribution in [3.8, 4) is 0 Å². The van der Waals surface area contributed by atoms with Crippen molar-refractivity contribution in [3.05, 3.63) is 23.5 Å². The van der Waals surface area contributed by atoms with Gasteiger partial charge in [0.25, 0.3) is 0 Å². The molecule has 1 aliphatic rings. The number of carbonyl (C=O) groups is 1. The molecular weight excluding hydrogens is 242 g/mol. The van der Waals surface area contributed by atoms with Gasteiger partial charge in [-0.3, -0.25) is 4.98 Å². The Morgan fingerprint density at radius 3 is 2.95 bits per heavy atom. The highest BCUT2D eigenvalue weighted by Gasteiger charge is 2.24.